The molecule has 25 heavy (non-hydrogen) atoms. The first-order valence-corrected chi connectivity index (χ1v) is 9.45. The van der Waals surface area contributed by atoms with Gasteiger partial charge >= 0.3 is 0 Å². The van der Waals surface area contributed by atoms with E-state index in [0.29, 0.717) is 11.4 Å². The number of rotatable bonds is 4. The van der Waals surface area contributed by atoms with E-state index in [1.807, 2.05) is 20.8 Å². The number of hydrogen-bond acceptors (Lipinski definition) is 4. The molecular formula is C19H24FNO3S. The minimum absolute atomic E-state index is 0.267. The molecule has 1 heterocycles. The highest BCUT2D eigenvalue weighted by molar-refractivity contribution is 7.92. The molecule has 1 aromatic carbocycles. The van der Waals surface area contributed by atoms with Gasteiger partial charge in [0, 0.05) is 12.3 Å². The van der Waals surface area contributed by atoms with E-state index in [1.54, 1.807) is 32.0 Å². The molecule has 0 N–H and O–H groups in total. The predicted molar refractivity (Wildman–Crippen MR) is 96.1 cm³/mol. The van der Waals surface area contributed by atoms with E-state index in [4.69, 9.17) is 4.74 Å². The largest absolute Gasteiger partial charge is 0.481 e. The van der Waals surface area contributed by atoms with Crippen LogP contribution in [0.15, 0.2) is 41.4 Å². The van der Waals surface area contributed by atoms with Gasteiger partial charge in [-0.1, -0.05) is 26.8 Å². The summed E-state index contributed by atoms with van der Waals surface area (Å²) in [6.07, 6.45) is 1.48. The summed E-state index contributed by atoms with van der Waals surface area (Å²) >= 11 is 0. The Labute approximate surface area is 149 Å². The van der Waals surface area contributed by atoms with Crippen LogP contribution < -0.4 is 4.74 Å². The van der Waals surface area contributed by atoms with Crippen LogP contribution in [0.2, 0.25) is 0 Å². The molecule has 0 aliphatic heterocycles. The summed E-state index contributed by atoms with van der Waals surface area (Å²) in [5.74, 6) is -0.425. The molecular weight excluding hydrogens is 341 g/mol. The molecule has 0 bridgehead atoms. The maximum Gasteiger partial charge on any atom is 0.213 e. The molecule has 0 aliphatic carbocycles. The molecule has 4 nitrogen and oxygen atoms in total. The fourth-order valence-electron chi connectivity index (χ4n) is 2.51. The Hall–Kier alpha value is -1.95. The molecule has 0 spiro atoms. The normalized spacial score (nSPS) is 12.9. The Morgan fingerprint density at radius 3 is 2.16 bits per heavy atom. The summed E-state index contributed by atoms with van der Waals surface area (Å²) < 4.78 is 44.6. The third kappa shape index (κ3) is 3.54. The van der Waals surface area contributed by atoms with Gasteiger partial charge in [-0.15, -0.1) is 0 Å². The fraction of sp³-hybridized carbons (Fsp3) is 0.421. The lowest BCUT2D eigenvalue weighted by Crippen LogP contribution is -2.30. The SMILES string of the molecule is COc1cc(C(C)(C)S(=O)(=O)c2ccc(C(C)(C)C)cc2F)ccn1. The van der Waals surface area contributed by atoms with Crippen LogP contribution in [0.5, 0.6) is 5.88 Å². The second-order valence-electron chi connectivity index (χ2n) is 7.50. The van der Waals surface area contributed by atoms with Crippen molar-refractivity contribution in [2.75, 3.05) is 7.11 Å². The number of pyridine rings is 1. The number of halogens is 1. The molecule has 0 unspecified atom stereocenters. The van der Waals surface area contributed by atoms with Crippen LogP contribution in [0, 0.1) is 5.82 Å². The maximum atomic E-state index is 14.7. The molecule has 0 atom stereocenters. The summed E-state index contributed by atoms with van der Waals surface area (Å²) in [5.41, 5.74) is 0.961. The summed E-state index contributed by atoms with van der Waals surface area (Å²) in [4.78, 5) is 3.69. The summed E-state index contributed by atoms with van der Waals surface area (Å²) in [6, 6.07) is 7.47. The van der Waals surface area contributed by atoms with E-state index in [9.17, 15) is 12.8 Å². The zero-order valence-electron chi connectivity index (χ0n) is 15.4. The van der Waals surface area contributed by atoms with Crippen LogP contribution in [0.25, 0.3) is 0 Å². The summed E-state index contributed by atoms with van der Waals surface area (Å²) in [7, 11) is -2.51. The monoisotopic (exact) mass is 365 g/mol. The van der Waals surface area contributed by atoms with Crippen molar-refractivity contribution in [3.63, 3.8) is 0 Å². The number of nitrogens with zero attached hydrogens (tertiary/aromatic N) is 1. The first-order valence-electron chi connectivity index (χ1n) is 7.96. The number of methoxy groups -OCH3 is 1. The fourth-order valence-corrected chi connectivity index (χ4v) is 4.06. The van der Waals surface area contributed by atoms with Crippen LogP contribution in [0.1, 0.15) is 45.7 Å². The van der Waals surface area contributed by atoms with E-state index in [2.05, 4.69) is 4.98 Å². The van der Waals surface area contributed by atoms with Crippen molar-refractivity contribution in [2.45, 2.75) is 49.7 Å². The van der Waals surface area contributed by atoms with E-state index < -0.39 is 20.4 Å². The molecule has 0 saturated heterocycles. The zero-order valence-corrected chi connectivity index (χ0v) is 16.2. The van der Waals surface area contributed by atoms with Gasteiger partial charge in [0.05, 0.1) is 11.9 Å². The molecule has 0 fully saturated rings. The average Bonchev–Trinajstić information content (AvgIpc) is 2.53. The van der Waals surface area contributed by atoms with Gasteiger partial charge in [-0.25, -0.2) is 17.8 Å². The average molecular weight is 365 g/mol. The Kier molecular flexibility index (Phi) is 4.97. The third-order valence-corrected chi connectivity index (χ3v) is 6.89. The van der Waals surface area contributed by atoms with Gasteiger partial charge in [0.15, 0.2) is 9.84 Å². The second-order valence-corrected chi connectivity index (χ2v) is 9.96. The van der Waals surface area contributed by atoms with Gasteiger partial charge in [0.1, 0.15) is 10.7 Å². The first kappa shape index (κ1) is 19.4. The predicted octanol–water partition coefficient (Wildman–Crippen LogP) is 4.24. The van der Waals surface area contributed by atoms with Crippen LogP contribution >= 0.6 is 0 Å². The van der Waals surface area contributed by atoms with Crippen molar-refractivity contribution in [2.24, 2.45) is 0 Å². The molecule has 2 rings (SSSR count). The number of ether oxygens (including phenoxy) is 1. The summed E-state index contributed by atoms with van der Waals surface area (Å²) in [5, 5.41) is 0. The minimum atomic E-state index is -3.97. The smallest absolute Gasteiger partial charge is 0.213 e. The molecule has 0 radical (unpaired) electrons. The summed E-state index contributed by atoms with van der Waals surface area (Å²) in [6.45, 7) is 8.94. The van der Waals surface area contributed by atoms with Gasteiger partial charge in [0.25, 0.3) is 0 Å². The van der Waals surface area contributed by atoms with Gasteiger partial charge in [0.2, 0.25) is 5.88 Å². The highest BCUT2D eigenvalue weighted by Crippen LogP contribution is 2.37. The molecule has 6 heteroatoms. The van der Waals surface area contributed by atoms with Gasteiger partial charge in [-0.3, -0.25) is 0 Å². The maximum absolute atomic E-state index is 14.7. The lowest BCUT2D eigenvalue weighted by Gasteiger charge is -2.26. The standard InChI is InChI=1S/C19H24FNO3S/c1-18(2,3)13-7-8-16(15(20)11-13)25(22,23)19(4,5)14-9-10-21-17(12-14)24-6/h7-12H,1-6H3. The van der Waals surface area contributed by atoms with Crippen LogP contribution in [0.3, 0.4) is 0 Å². The zero-order chi connectivity index (χ0) is 19.0. The first-order chi connectivity index (χ1) is 11.4. The van der Waals surface area contributed by atoms with Crippen molar-refractivity contribution >= 4 is 9.84 Å². The van der Waals surface area contributed by atoms with Crippen LogP contribution in [-0.4, -0.2) is 20.5 Å². The minimum Gasteiger partial charge on any atom is -0.481 e. The Morgan fingerprint density at radius 2 is 1.64 bits per heavy atom. The van der Waals surface area contributed by atoms with E-state index in [0.717, 1.165) is 5.56 Å². The molecule has 136 valence electrons. The molecule has 1 aromatic heterocycles. The highest BCUT2D eigenvalue weighted by Gasteiger charge is 2.39. The Balaban J connectivity index is 2.57. The van der Waals surface area contributed by atoms with Crippen molar-refractivity contribution in [3.05, 3.63) is 53.5 Å². The topological polar surface area (TPSA) is 56.3 Å². The van der Waals surface area contributed by atoms with Crippen molar-refractivity contribution < 1.29 is 17.5 Å². The van der Waals surface area contributed by atoms with E-state index >= 15 is 0 Å². The molecule has 2 aromatic rings. The van der Waals surface area contributed by atoms with Gasteiger partial charge in [-0.2, -0.15) is 0 Å². The van der Waals surface area contributed by atoms with Crippen LogP contribution in [0.4, 0.5) is 4.39 Å². The second kappa shape index (κ2) is 6.41. The number of hydrogen-bond donors (Lipinski definition) is 0. The lowest BCUT2D eigenvalue weighted by atomic mass is 9.87. The quantitative estimate of drug-likeness (QED) is 0.813. The van der Waals surface area contributed by atoms with Crippen molar-refractivity contribution in [3.8, 4) is 5.88 Å². The molecule has 0 saturated carbocycles. The number of benzene rings is 1. The Morgan fingerprint density at radius 1 is 1.00 bits per heavy atom. The van der Waals surface area contributed by atoms with Crippen molar-refractivity contribution in [1.29, 1.82) is 0 Å². The van der Waals surface area contributed by atoms with Gasteiger partial charge < -0.3 is 4.74 Å². The highest BCUT2D eigenvalue weighted by atomic mass is 32.2. The number of aromatic nitrogens is 1. The van der Waals surface area contributed by atoms with E-state index in [-0.39, 0.29) is 10.3 Å². The molecule has 0 amide bonds. The molecule has 0 aliphatic rings. The Bertz CT molecular complexity index is 884. The van der Waals surface area contributed by atoms with E-state index in [1.165, 1.54) is 25.4 Å². The van der Waals surface area contributed by atoms with Crippen molar-refractivity contribution in [1.82, 2.24) is 4.98 Å². The number of sulfone groups is 1. The third-order valence-electron chi connectivity index (χ3n) is 4.40. The van der Waals surface area contributed by atoms with Crippen LogP contribution in [-0.2, 0) is 20.0 Å². The van der Waals surface area contributed by atoms with Gasteiger partial charge in [-0.05, 0) is 48.6 Å². The lowest BCUT2D eigenvalue weighted by molar-refractivity contribution is 0.396.